The Hall–Kier alpha value is -0.650. The SMILES string of the molecule is CCO[C@H](OC)OCC(C)C(=O)O. The number of hydrogen-bond acceptors (Lipinski definition) is 4. The summed E-state index contributed by atoms with van der Waals surface area (Å²) in [7, 11) is 1.44. The lowest BCUT2D eigenvalue weighted by molar-refractivity contribution is -0.278. The van der Waals surface area contributed by atoms with Crippen LogP contribution in [0.2, 0.25) is 0 Å². The van der Waals surface area contributed by atoms with E-state index < -0.39 is 18.4 Å². The van der Waals surface area contributed by atoms with Gasteiger partial charge in [0.2, 0.25) is 0 Å². The van der Waals surface area contributed by atoms with Crippen LogP contribution in [0.3, 0.4) is 0 Å². The summed E-state index contributed by atoms with van der Waals surface area (Å²) in [6, 6.07) is 0. The molecule has 1 N–H and O–H groups in total. The van der Waals surface area contributed by atoms with Crippen molar-refractivity contribution in [1.29, 1.82) is 0 Å². The molecule has 0 bridgehead atoms. The number of hydrogen-bond donors (Lipinski definition) is 1. The molecule has 0 aromatic rings. The van der Waals surface area contributed by atoms with Crippen LogP contribution >= 0.6 is 0 Å². The van der Waals surface area contributed by atoms with Gasteiger partial charge < -0.3 is 19.3 Å². The van der Waals surface area contributed by atoms with Gasteiger partial charge in [0.25, 0.3) is 6.48 Å². The third kappa shape index (κ3) is 5.57. The molecule has 0 radical (unpaired) electrons. The second-order valence-electron chi connectivity index (χ2n) is 2.55. The molecule has 1 unspecified atom stereocenters. The van der Waals surface area contributed by atoms with Crippen LogP contribution in [0.1, 0.15) is 13.8 Å². The molecule has 0 aliphatic rings. The van der Waals surface area contributed by atoms with Gasteiger partial charge in [0.1, 0.15) is 0 Å². The van der Waals surface area contributed by atoms with Gasteiger partial charge in [-0.15, -0.1) is 0 Å². The number of methoxy groups -OCH3 is 1. The summed E-state index contributed by atoms with van der Waals surface area (Å²) in [5.74, 6) is -1.45. The monoisotopic (exact) mass is 192 g/mol. The van der Waals surface area contributed by atoms with Crippen molar-refractivity contribution in [2.45, 2.75) is 20.3 Å². The zero-order chi connectivity index (χ0) is 10.3. The summed E-state index contributed by atoms with van der Waals surface area (Å²) < 4.78 is 14.8. The summed E-state index contributed by atoms with van der Waals surface area (Å²) in [6.07, 6.45) is 0. The van der Waals surface area contributed by atoms with Crippen LogP contribution in [0.15, 0.2) is 0 Å². The van der Waals surface area contributed by atoms with Gasteiger partial charge >= 0.3 is 5.97 Å². The first kappa shape index (κ1) is 12.3. The first-order chi connectivity index (χ1) is 6.11. The first-order valence-corrected chi connectivity index (χ1v) is 4.10. The molecule has 0 aromatic heterocycles. The summed E-state index contributed by atoms with van der Waals surface area (Å²) >= 11 is 0. The van der Waals surface area contributed by atoms with E-state index in [0.717, 1.165) is 0 Å². The van der Waals surface area contributed by atoms with Crippen LogP contribution < -0.4 is 0 Å². The lowest BCUT2D eigenvalue weighted by atomic mass is 10.2. The molecule has 13 heavy (non-hydrogen) atoms. The number of carbonyl (C=O) groups is 1. The normalized spacial score (nSPS) is 15.3. The van der Waals surface area contributed by atoms with Crippen LogP contribution in [0.5, 0.6) is 0 Å². The Balaban J connectivity index is 3.64. The van der Waals surface area contributed by atoms with Gasteiger partial charge in [0, 0.05) is 13.7 Å². The third-order valence-corrected chi connectivity index (χ3v) is 1.40. The Bertz CT molecular complexity index is 147. The van der Waals surface area contributed by atoms with Crippen LogP contribution in [0.25, 0.3) is 0 Å². The number of aliphatic carboxylic acids is 1. The lowest BCUT2D eigenvalue weighted by Gasteiger charge is -2.16. The Morgan fingerprint density at radius 2 is 2.08 bits per heavy atom. The molecular formula is C8H16O5. The molecule has 0 aromatic carbocycles. The van der Waals surface area contributed by atoms with E-state index in [1.165, 1.54) is 7.11 Å². The number of carboxylic acid groups (broad SMARTS) is 1. The van der Waals surface area contributed by atoms with Crippen molar-refractivity contribution in [3.05, 3.63) is 0 Å². The molecule has 0 fully saturated rings. The van der Waals surface area contributed by atoms with Crippen molar-refractivity contribution in [1.82, 2.24) is 0 Å². The molecule has 0 heterocycles. The van der Waals surface area contributed by atoms with Crippen LogP contribution in [0, 0.1) is 5.92 Å². The quantitative estimate of drug-likeness (QED) is 0.601. The maximum Gasteiger partial charge on any atom is 0.308 e. The summed E-state index contributed by atoms with van der Waals surface area (Å²) in [5.41, 5.74) is 0. The minimum Gasteiger partial charge on any atom is -0.481 e. The maximum absolute atomic E-state index is 10.4. The predicted molar refractivity (Wildman–Crippen MR) is 45.2 cm³/mol. The fraction of sp³-hybridized carbons (Fsp3) is 0.875. The van der Waals surface area contributed by atoms with Gasteiger partial charge in [-0.05, 0) is 13.8 Å². The van der Waals surface area contributed by atoms with Crippen LogP contribution in [0.4, 0.5) is 0 Å². The highest BCUT2D eigenvalue weighted by atomic mass is 16.8. The lowest BCUT2D eigenvalue weighted by Crippen LogP contribution is -2.25. The number of carboxylic acids is 1. The van der Waals surface area contributed by atoms with E-state index >= 15 is 0 Å². The number of rotatable bonds is 7. The summed E-state index contributed by atoms with van der Waals surface area (Å²) in [4.78, 5) is 10.4. The van der Waals surface area contributed by atoms with E-state index in [1.807, 2.05) is 0 Å². The fourth-order valence-corrected chi connectivity index (χ4v) is 0.614. The fourth-order valence-electron chi connectivity index (χ4n) is 0.614. The summed E-state index contributed by atoms with van der Waals surface area (Å²) in [5, 5.41) is 8.54. The Kier molecular flexibility index (Phi) is 6.48. The van der Waals surface area contributed by atoms with Crippen molar-refractivity contribution >= 4 is 5.97 Å². The molecule has 0 amide bonds. The van der Waals surface area contributed by atoms with Gasteiger partial charge in [-0.2, -0.15) is 0 Å². The molecule has 0 aliphatic carbocycles. The Labute approximate surface area is 77.6 Å². The zero-order valence-corrected chi connectivity index (χ0v) is 8.15. The molecule has 5 heteroatoms. The molecular weight excluding hydrogens is 176 g/mol. The van der Waals surface area contributed by atoms with Gasteiger partial charge in [-0.1, -0.05) is 0 Å². The Morgan fingerprint density at radius 1 is 1.46 bits per heavy atom. The minimum absolute atomic E-state index is 0.0772. The molecule has 5 nitrogen and oxygen atoms in total. The van der Waals surface area contributed by atoms with Crippen molar-refractivity contribution in [2.75, 3.05) is 20.3 Å². The van der Waals surface area contributed by atoms with Gasteiger partial charge in [0.15, 0.2) is 0 Å². The maximum atomic E-state index is 10.4. The molecule has 0 aliphatic heterocycles. The van der Waals surface area contributed by atoms with Gasteiger partial charge in [0.05, 0.1) is 12.5 Å². The smallest absolute Gasteiger partial charge is 0.308 e. The molecule has 0 saturated heterocycles. The molecule has 78 valence electrons. The van der Waals surface area contributed by atoms with Gasteiger partial charge in [-0.25, -0.2) is 0 Å². The first-order valence-electron chi connectivity index (χ1n) is 4.10. The highest BCUT2D eigenvalue weighted by molar-refractivity contribution is 5.69. The molecule has 2 atom stereocenters. The Morgan fingerprint density at radius 3 is 2.46 bits per heavy atom. The topological polar surface area (TPSA) is 65.0 Å². The molecule has 0 saturated carbocycles. The van der Waals surface area contributed by atoms with Crippen molar-refractivity contribution in [2.24, 2.45) is 5.92 Å². The average Bonchev–Trinajstić information content (AvgIpc) is 2.11. The molecule has 0 rings (SSSR count). The number of ether oxygens (including phenoxy) is 3. The van der Waals surface area contributed by atoms with E-state index in [2.05, 4.69) is 0 Å². The van der Waals surface area contributed by atoms with E-state index in [9.17, 15) is 4.79 Å². The van der Waals surface area contributed by atoms with Gasteiger partial charge in [-0.3, -0.25) is 4.79 Å². The second-order valence-corrected chi connectivity index (χ2v) is 2.55. The van der Waals surface area contributed by atoms with Crippen molar-refractivity contribution in [3.63, 3.8) is 0 Å². The highest BCUT2D eigenvalue weighted by Crippen LogP contribution is 2.01. The second kappa shape index (κ2) is 6.82. The predicted octanol–water partition coefficient (Wildman–Crippen LogP) is 0.690. The van der Waals surface area contributed by atoms with E-state index in [-0.39, 0.29) is 6.61 Å². The minimum atomic E-state index is -0.897. The summed E-state index contributed by atoms with van der Waals surface area (Å²) in [6.45, 7) is 3.12. The highest BCUT2D eigenvalue weighted by Gasteiger charge is 2.14. The zero-order valence-electron chi connectivity index (χ0n) is 8.15. The third-order valence-electron chi connectivity index (χ3n) is 1.40. The van der Waals surface area contributed by atoms with E-state index in [1.54, 1.807) is 13.8 Å². The van der Waals surface area contributed by atoms with E-state index in [4.69, 9.17) is 19.3 Å². The van der Waals surface area contributed by atoms with Crippen LogP contribution in [-0.2, 0) is 19.0 Å². The molecule has 0 spiro atoms. The average molecular weight is 192 g/mol. The van der Waals surface area contributed by atoms with Crippen LogP contribution in [-0.4, -0.2) is 37.9 Å². The van der Waals surface area contributed by atoms with E-state index in [0.29, 0.717) is 6.61 Å². The van der Waals surface area contributed by atoms with Crippen molar-refractivity contribution < 1.29 is 24.1 Å². The largest absolute Gasteiger partial charge is 0.481 e. The standard InChI is InChI=1S/C8H16O5/c1-4-12-8(11-3)13-5-6(2)7(9)10/h6,8H,4-5H2,1-3H3,(H,9,10)/t6?,8-/m0/s1. The van der Waals surface area contributed by atoms with Crippen molar-refractivity contribution in [3.8, 4) is 0 Å².